The zero-order valence-electron chi connectivity index (χ0n) is 16.4. The molecule has 2 rings (SSSR count). The predicted molar refractivity (Wildman–Crippen MR) is 118 cm³/mol. The largest absolute Gasteiger partial charge is 0.508 e. The molecule has 0 saturated carbocycles. The Labute approximate surface area is 174 Å². The normalized spacial score (nSPS) is 15.7. The van der Waals surface area contributed by atoms with E-state index in [0.29, 0.717) is 12.5 Å². The van der Waals surface area contributed by atoms with Gasteiger partial charge in [0, 0.05) is 44.8 Å². The van der Waals surface area contributed by atoms with E-state index < -0.39 is 0 Å². The molecule has 0 amide bonds. The minimum atomic E-state index is 0. The highest BCUT2D eigenvalue weighted by atomic mass is 127. The first kappa shape index (κ1) is 22.8. The second-order valence-corrected chi connectivity index (χ2v) is 6.85. The maximum atomic E-state index is 10.0. The summed E-state index contributed by atoms with van der Waals surface area (Å²) in [6, 6.07) is 5.24. The smallest absolute Gasteiger partial charge is 0.194 e. The predicted octanol–water partition coefficient (Wildman–Crippen LogP) is 2.76. The van der Waals surface area contributed by atoms with E-state index in [0.717, 1.165) is 56.5 Å². The maximum Gasteiger partial charge on any atom is 0.194 e. The van der Waals surface area contributed by atoms with Gasteiger partial charge in [0.25, 0.3) is 0 Å². The second-order valence-electron chi connectivity index (χ2n) is 6.85. The third-order valence-electron chi connectivity index (χ3n) is 4.32. The van der Waals surface area contributed by atoms with Crippen LogP contribution in [0.5, 0.6) is 11.5 Å². The number of methoxy groups -OCH3 is 1. The molecule has 1 fully saturated rings. The van der Waals surface area contributed by atoms with Crippen LogP contribution in [-0.2, 0) is 6.54 Å². The number of piperazine rings is 1. The van der Waals surface area contributed by atoms with Gasteiger partial charge in [-0.05, 0) is 31.0 Å². The number of hydrogen-bond donors (Lipinski definition) is 2. The first-order valence-corrected chi connectivity index (χ1v) is 9.15. The van der Waals surface area contributed by atoms with Gasteiger partial charge < -0.3 is 20.1 Å². The summed E-state index contributed by atoms with van der Waals surface area (Å²) < 4.78 is 5.23. The van der Waals surface area contributed by atoms with Gasteiger partial charge >= 0.3 is 0 Å². The molecule has 148 valence electrons. The highest BCUT2D eigenvalue weighted by Crippen LogP contribution is 2.23. The topological polar surface area (TPSA) is 60.3 Å². The van der Waals surface area contributed by atoms with Crippen molar-refractivity contribution in [1.82, 2.24) is 15.1 Å². The van der Waals surface area contributed by atoms with Crippen LogP contribution < -0.4 is 10.1 Å². The van der Waals surface area contributed by atoms with E-state index in [1.54, 1.807) is 19.2 Å². The molecule has 0 radical (unpaired) electrons. The summed E-state index contributed by atoms with van der Waals surface area (Å²) in [7, 11) is 1.63. The van der Waals surface area contributed by atoms with E-state index in [1.165, 1.54) is 0 Å². The summed E-state index contributed by atoms with van der Waals surface area (Å²) in [6.07, 6.45) is 0. The van der Waals surface area contributed by atoms with Crippen molar-refractivity contribution < 1.29 is 9.84 Å². The molecule has 6 nitrogen and oxygen atoms in total. The van der Waals surface area contributed by atoms with E-state index in [-0.39, 0.29) is 29.7 Å². The van der Waals surface area contributed by atoms with Crippen molar-refractivity contribution in [2.24, 2.45) is 10.9 Å². The number of guanidine groups is 1. The van der Waals surface area contributed by atoms with Gasteiger partial charge in [-0.3, -0.25) is 4.90 Å². The number of rotatable bonds is 6. The maximum absolute atomic E-state index is 10.0. The molecule has 0 bridgehead atoms. The van der Waals surface area contributed by atoms with Crippen molar-refractivity contribution in [2.75, 3.05) is 46.4 Å². The molecule has 0 unspecified atom stereocenters. The summed E-state index contributed by atoms with van der Waals surface area (Å²) in [6.45, 7) is 13.1. The molecule has 26 heavy (non-hydrogen) atoms. The lowest BCUT2D eigenvalue weighted by Gasteiger charge is -2.37. The monoisotopic (exact) mass is 476 g/mol. The lowest BCUT2D eigenvalue weighted by atomic mass is 10.2. The van der Waals surface area contributed by atoms with Crippen molar-refractivity contribution in [2.45, 2.75) is 27.3 Å². The first-order valence-electron chi connectivity index (χ1n) is 9.15. The second kappa shape index (κ2) is 11.5. The average Bonchev–Trinajstić information content (AvgIpc) is 2.60. The molecule has 7 heteroatoms. The number of benzene rings is 1. The first-order chi connectivity index (χ1) is 12.0. The fourth-order valence-corrected chi connectivity index (χ4v) is 3.06. The summed E-state index contributed by atoms with van der Waals surface area (Å²) >= 11 is 0. The van der Waals surface area contributed by atoms with Gasteiger partial charge in [0.15, 0.2) is 5.96 Å². The van der Waals surface area contributed by atoms with E-state index in [1.807, 2.05) is 6.07 Å². The Morgan fingerprint density at radius 2 is 1.96 bits per heavy atom. The Kier molecular flexibility index (Phi) is 10.1. The van der Waals surface area contributed by atoms with E-state index in [9.17, 15) is 5.11 Å². The Bertz CT molecular complexity index is 573. The summed E-state index contributed by atoms with van der Waals surface area (Å²) in [5.74, 6) is 2.59. The Morgan fingerprint density at radius 1 is 1.27 bits per heavy atom. The van der Waals surface area contributed by atoms with Crippen LogP contribution in [-0.4, -0.2) is 67.2 Å². The fraction of sp³-hybridized carbons (Fsp3) is 0.632. The number of aromatic hydroxyl groups is 1. The molecule has 0 aromatic heterocycles. The molecule has 1 aliphatic heterocycles. The number of nitrogens with zero attached hydrogens (tertiary/aromatic N) is 3. The van der Waals surface area contributed by atoms with Gasteiger partial charge in [0.1, 0.15) is 11.5 Å². The number of ether oxygens (including phenoxy) is 1. The van der Waals surface area contributed by atoms with Crippen LogP contribution in [0.4, 0.5) is 0 Å². The van der Waals surface area contributed by atoms with Crippen LogP contribution in [0.2, 0.25) is 0 Å². The van der Waals surface area contributed by atoms with Crippen molar-refractivity contribution in [1.29, 1.82) is 0 Å². The van der Waals surface area contributed by atoms with Crippen LogP contribution >= 0.6 is 24.0 Å². The molecule has 0 aliphatic carbocycles. The van der Waals surface area contributed by atoms with Gasteiger partial charge in [-0.15, -0.1) is 24.0 Å². The fourth-order valence-electron chi connectivity index (χ4n) is 3.06. The summed E-state index contributed by atoms with van der Waals surface area (Å²) in [5, 5.41) is 13.4. The van der Waals surface area contributed by atoms with Crippen LogP contribution in [0.1, 0.15) is 26.3 Å². The minimum Gasteiger partial charge on any atom is -0.508 e. The van der Waals surface area contributed by atoms with Crippen LogP contribution in [0.3, 0.4) is 0 Å². The molecule has 0 atom stereocenters. The van der Waals surface area contributed by atoms with Crippen molar-refractivity contribution in [3.05, 3.63) is 23.8 Å². The van der Waals surface area contributed by atoms with E-state index in [2.05, 4.69) is 35.9 Å². The number of aliphatic imine (C=N–C) groups is 1. The van der Waals surface area contributed by atoms with Gasteiger partial charge in [0.05, 0.1) is 13.7 Å². The lowest BCUT2D eigenvalue weighted by molar-refractivity contribution is 0.164. The minimum absolute atomic E-state index is 0. The number of halogens is 1. The molecule has 1 aromatic rings. The molecule has 2 N–H and O–H groups in total. The molecule has 1 saturated heterocycles. The van der Waals surface area contributed by atoms with Gasteiger partial charge in [-0.25, -0.2) is 4.99 Å². The summed E-state index contributed by atoms with van der Waals surface area (Å²) in [5.41, 5.74) is 0.771. The third-order valence-corrected chi connectivity index (χ3v) is 4.32. The Balaban J connectivity index is 0.00000338. The number of phenols is 1. The van der Waals surface area contributed by atoms with Crippen LogP contribution in [0.25, 0.3) is 0 Å². The van der Waals surface area contributed by atoms with Gasteiger partial charge in [0.2, 0.25) is 0 Å². The molecule has 0 spiro atoms. The zero-order chi connectivity index (χ0) is 18.2. The zero-order valence-corrected chi connectivity index (χ0v) is 18.7. The summed E-state index contributed by atoms with van der Waals surface area (Å²) in [4.78, 5) is 9.54. The molecule has 1 aromatic carbocycles. The molecule has 1 aliphatic rings. The van der Waals surface area contributed by atoms with Crippen LogP contribution in [0.15, 0.2) is 23.2 Å². The molecular formula is C19H33IN4O2. The average molecular weight is 476 g/mol. The van der Waals surface area contributed by atoms with Gasteiger partial charge in [-0.1, -0.05) is 13.8 Å². The molecular weight excluding hydrogens is 443 g/mol. The number of hydrogen-bond acceptors (Lipinski definition) is 4. The third kappa shape index (κ3) is 6.83. The Hall–Kier alpha value is -1.22. The highest BCUT2D eigenvalue weighted by Gasteiger charge is 2.20. The highest BCUT2D eigenvalue weighted by molar-refractivity contribution is 14.0. The quantitative estimate of drug-likeness (QED) is 0.376. The number of nitrogens with one attached hydrogen (secondary N) is 1. The number of phenolic OH excluding ortho intramolecular Hbond substituents is 1. The SMILES string of the molecule is CCNC(=NCc1cc(OC)ccc1O)N1CCN(CC(C)C)CC1.I. The standard InChI is InChI=1S/C19H32N4O2.HI/c1-5-20-19(23-10-8-22(9-11-23)14-15(2)3)21-13-16-12-17(25-4)6-7-18(16)24;/h6-7,12,15,24H,5,8-11,13-14H2,1-4H3,(H,20,21);1H. The van der Waals surface area contributed by atoms with Crippen molar-refractivity contribution >= 4 is 29.9 Å². The lowest BCUT2D eigenvalue weighted by Crippen LogP contribution is -2.53. The Morgan fingerprint density at radius 3 is 2.54 bits per heavy atom. The van der Waals surface area contributed by atoms with E-state index in [4.69, 9.17) is 9.73 Å². The van der Waals surface area contributed by atoms with Crippen molar-refractivity contribution in [3.63, 3.8) is 0 Å². The van der Waals surface area contributed by atoms with Crippen LogP contribution in [0, 0.1) is 5.92 Å². The van der Waals surface area contributed by atoms with Gasteiger partial charge in [-0.2, -0.15) is 0 Å². The van der Waals surface area contributed by atoms with E-state index >= 15 is 0 Å². The van der Waals surface area contributed by atoms with Crippen molar-refractivity contribution in [3.8, 4) is 11.5 Å². The molecule has 1 heterocycles.